The van der Waals surface area contributed by atoms with Crippen molar-refractivity contribution in [2.24, 2.45) is 0 Å². The molecule has 1 unspecified atom stereocenters. The average Bonchev–Trinajstić information content (AvgIpc) is 2.61. The molecule has 0 spiro atoms. The van der Waals surface area contributed by atoms with E-state index in [9.17, 15) is 4.79 Å². The second kappa shape index (κ2) is 9.71. The first-order valence-electron chi connectivity index (χ1n) is 8.61. The summed E-state index contributed by atoms with van der Waals surface area (Å²) in [6.45, 7) is 4.80. The van der Waals surface area contributed by atoms with E-state index in [4.69, 9.17) is 4.74 Å². The van der Waals surface area contributed by atoms with E-state index in [0.717, 1.165) is 11.3 Å². The van der Waals surface area contributed by atoms with Crippen molar-refractivity contribution in [3.8, 4) is 0 Å². The highest BCUT2D eigenvalue weighted by atomic mass is 16.5. The zero-order valence-corrected chi connectivity index (χ0v) is 14.5. The van der Waals surface area contributed by atoms with E-state index in [1.54, 1.807) is 12.4 Å². The van der Waals surface area contributed by atoms with Gasteiger partial charge in [-0.25, -0.2) is 4.79 Å². The van der Waals surface area contributed by atoms with Gasteiger partial charge in [0.25, 0.3) is 0 Å². The van der Waals surface area contributed by atoms with E-state index in [0.29, 0.717) is 18.9 Å². The number of benzene rings is 1. The lowest BCUT2D eigenvalue weighted by atomic mass is 9.95. The Morgan fingerprint density at radius 2 is 1.92 bits per heavy atom. The van der Waals surface area contributed by atoms with Crippen LogP contribution < -0.4 is 5.32 Å². The Labute approximate surface area is 145 Å². The Balaban J connectivity index is 0.00000312. The van der Waals surface area contributed by atoms with Crippen LogP contribution in [0.15, 0.2) is 48.8 Å². The number of carbonyl (C=O) groups is 1. The van der Waals surface area contributed by atoms with Gasteiger partial charge in [0.05, 0.1) is 6.61 Å². The Hall–Kier alpha value is -2.36. The maximum atomic E-state index is 11.8. The van der Waals surface area contributed by atoms with Crippen molar-refractivity contribution in [2.75, 3.05) is 11.9 Å². The van der Waals surface area contributed by atoms with E-state index in [1.165, 1.54) is 24.8 Å². The highest BCUT2D eigenvalue weighted by Crippen LogP contribution is 2.22. The van der Waals surface area contributed by atoms with Crippen LogP contribution in [0.4, 0.5) is 10.5 Å². The van der Waals surface area contributed by atoms with Gasteiger partial charge in [-0.3, -0.25) is 10.3 Å². The first-order valence-corrected chi connectivity index (χ1v) is 8.61. The molecule has 1 N–H and O–H groups in total. The minimum Gasteiger partial charge on any atom is -0.449 e. The third-order valence-electron chi connectivity index (χ3n) is 4.09. The van der Waals surface area contributed by atoms with Gasteiger partial charge in [-0.05, 0) is 47.7 Å². The van der Waals surface area contributed by atoms with Gasteiger partial charge in [-0.2, -0.15) is 0 Å². The SMILES string of the molecule is CCCCC(C)c1ccc(NC(=O)OCCc2ccncc2)cc1.[HH]. The summed E-state index contributed by atoms with van der Waals surface area (Å²) < 4.78 is 5.21. The number of unbranched alkanes of at least 4 members (excludes halogenated alkanes) is 1. The van der Waals surface area contributed by atoms with Crippen LogP contribution in [-0.2, 0) is 11.2 Å². The molecule has 1 amide bonds. The van der Waals surface area contributed by atoms with Crippen molar-refractivity contribution in [1.29, 1.82) is 0 Å². The molecule has 2 aromatic rings. The molecule has 130 valence electrons. The van der Waals surface area contributed by atoms with E-state index in [1.807, 2.05) is 24.3 Å². The Morgan fingerprint density at radius 1 is 1.21 bits per heavy atom. The predicted octanol–water partition coefficient (Wildman–Crippen LogP) is 5.41. The molecular formula is C20H28N2O2. The quantitative estimate of drug-likeness (QED) is 0.704. The molecule has 1 aromatic carbocycles. The van der Waals surface area contributed by atoms with Gasteiger partial charge in [0.1, 0.15) is 0 Å². The number of hydrogen-bond donors (Lipinski definition) is 1. The predicted molar refractivity (Wildman–Crippen MR) is 99.4 cm³/mol. The first kappa shape index (κ1) is 18.0. The van der Waals surface area contributed by atoms with Gasteiger partial charge in [0, 0.05) is 25.9 Å². The summed E-state index contributed by atoms with van der Waals surface area (Å²) >= 11 is 0. The molecule has 4 heteroatoms. The monoisotopic (exact) mass is 328 g/mol. The van der Waals surface area contributed by atoms with Gasteiger partial charge < -0.3 is 4.74 Å². The lowest BCUT2D eigenvalue weighted by Crippen LogP contribution is -2.15. The molecular weight excluding hydrogens is 300 g/mol. The molecule has 1 aromatic heterocycles. The molecule has 0 bridgehead atoms. The number of carbonyl (C=O) groups excluding carboxylic acids is 1. The van der Waals surface area contributed by atoms with Gasteiger partial charge in [0.2, 0.25) is 0 Å². The molecule has 4 nitrogen and oxygen atoms in total. The van der Waals surface area contributed by atoms with Crippen molar-refractivity contribution >= 4 is 11.8 Å². The topological polar surface area (TPSA) is 51.2 Å². The van der Waals surface area contributed by atoms with E-state index >= 15 is 0 Å². The summed E-state index contributed by atoms with van der Waals surface area (Å²) in [5, 5.41) is 2.76. The minimum atomic E-state index is -0.421. The van der Waals surface area contributed by atoms with Crippen molar-refractivity contribution < 1.29 is 11.0 Å². The van der Waals surface area contributed by atoms with Crippen LogP contribution in [0, 0.1) is 0 Å². The zero-order chi connectivity index (χ0) is 17.2. The van der Waals surface area contributed by atoms with Crippen LogP contribution in [-0.4, -0.2) is 17.7 Å². The van der Waals surface area contributed by atoms with Crippen LogP contribution in [0.5, 0.6) is 0 Å². The fourth-order valence-corrected chi connectivity index (χ4v) is 2.54. The normalized spacial score (nSPS) is 11.8. The summed E-state index contributed by atoms with van der Waals surface area (Å²) in [6.07, 6.45) is 7.39. The lowest BCUT2D eigenvalue weighted by molar-refractivity contribution is 0.163. The summed E-state index contributed by atoms with van der Waals surface area (Å²) in [4.78, 5) is 15.8. The van der Waals surface area contributed by atoms with Crippen molar-refractivity contribution in [1.82, 2.24) is 4.98 Å². The number of nitrogens with zero attached hydrogens (tertiary/aromatic N) is 1. The summed E-state index contributed by atoms with van der Waals surface area (Å²) in [7, 11) is 0. The molecule has 1 heterocycles. The molecule has 0 aliphatic carbocycles. The molecule has 0 fully saturated rings. The average molecular weight is 328 g/mol. The summed E-state index contributed by atoms with van der Waals surface area (Å²) in [5.74, 6) is 0.548. The van der Waals surface area contributed by atoms with E-state index in [-0.39, 0.29) is 1.43 Å². The van der Waals surface area contributed by atoms with Gasteiger partial charge in [-0.15, -0.1) is 0 Å². The van der Waals surface area contributed by atoms with Crippen molar-refractivity contribution in [3.05, 3.63) is 59.9 Å². The number of aromatic nitrogens is 1. The molecule has 1 atom stereocenters. The molecule has 2 rings (SSSR count). The second-order valence-electron chi connectivity index (χ2n) is 6.03. The number of hydrogen-bond acceptors (Lipinski definition) is 3. The van der Waals surface area contributed by atoms with E-state index in [2.05, 4.69) is 36.3 Å². The third kappa shape index (κ3) is 6.03. The maximum absolute atomic E-state index is 11.8. The standard InChI is InChI=1S/C20H26N2O2.H2/c1-3-4-5-16(2)18-6-8-19(9-7-18)22-20(23)24-15-12-17-10-13-21-14-11-17;/h6-11,13-14,16H,3-5,12,15H2,1-2H3,(H,22,23);1H. The summed E-state index contributed by atoms with van der Waals surface area (Å²) in [6, 6.07) is 11.9. The molecule has 0 saturated heterocycles. The lowest BCUT2D eigenvalue weighted by Gasteiger charge is -2.12. The number of anilines is 1. The first-order chi connectivity index (χ1) is 11.7. The number of amides is 1. The second-order valence-corrected chi connectivity index (χ2v) is 6.03. The van der Waals surface area contributed by atoms with Gasteiger partial charge in [-0.1, -0.05) is 38.8 Å². The van der Waals surface area contributed by atoms with Crippen LogP contribution in [0.3, 0.4) is 0 Å². The van der Waals surface area contributed by atoms with Crippen LogP contribution in [0.1, 0.15) is 51.6 Å². The molecule has 0 aliphatic heterocycles. The number of rotatable bonds is 8. The smallest absolute Gasteiger partial charge is 0.411 e. The van der Waals surface area contributed by atoms with Crippen LogP contribution in [0.25, 0.3) is 0 Å². The van der Waals surface area contributed by atoms with Gasteiger partial charge in [0.15, 0.2) is 0 Å². The van der Waals surface area contributed by atoms with Crippen LogP contribution in [0.2, 0.25) is 0 Å². The minimum absolute atomic E-state index is 0. The fraction of sp³-hybridized carbons (Fsp3) is 0.400. The summed E-state index contributed by atoms with van der Waals surface area (Å²) in [5.41, 5.74) is 3.17. The number of nitrogens with one attached hydrogen (secondary N) is 1. The Kier molecular flexibility index (Phi) is 7.27. The van der Waals surface area contributed by atoms with Gasteiger partial charge >= 0.3 is 6.09 Å². The largest absolute Gasteiger partial charge is 0.449 e. The number of pyridine rings is 1. The highest BCUT2D eigenvalue weighted by Gasteiger charge is 2.07. The fourth-order valence-electron chi connectivity index (χ4n) is 2.54. The zero-order valence-electron chi connectivity index (χ0n) is 14.5. The van der Waals surface area contributed by atoms with Crippen molar-refractivity contribution in [2.45, 2.75) is 45.4 Å². The third-order valence-corrected chi connectivity index (χ3v) is 4.09. The van der Waals surface area contributed by atoms with E-state index < -0.39 is 6.09 Å². The molecule has 24 heavy (non-hydrogen) atoms. The maximum Gasteiger partial charge on any atom is 0.411 e. The molecule has 0 aliphatic rings. The Morgan fingerprint density at radius 3 is 2.58 bits per heavy atom. The highest BCUT2D eigenvalue weighted by molar-refractivity contribution is 5.84. The molecule has 0 radical (unpaired) electrons. The number of ether oxygens (including phenoxy) is 1. The Bertz CT molecular complexity index is 617. The van der Waals surface area contributed by atoms with Crippen molar-refractivity contribution in [3.63, 3.8) is 0 Å². The molecule has 0 saturated carbocycles. The van der Waals surface area contributed by atoms with Crippen LogP contribution >= 0.6 is 0 Å².